The molecular weight excluding hydrogens is 377 g/mol. The Hall–Kier alpha value is -3.36. The van der Waals surface area contributed by atoms with Crippen LogP contribution in [0.5, 0.6) is 0 Å². The van der Waals surface area contributed by atoms with E-state index in [0.717, 1.165) is 9.80 Å². The largest absolute Gasteiger partial charge is 0.465 e. The van der Waals surface area contributed by atoms with Crippen LogP contribution in [-0.2, 0) is 4.79 Å². The third-order valence-electron chi connectivity index (χ3n) is 5.12. The molecule has 2 aliphatic rings. The van der Waals surface area contributed by atoms with Crippen molar-refractivity contribution in [1.82, 2.24) is 4.90 Å². The third kappa shape index (κ3) is 2.54. The summed E-state index contributed by atoms with van der Waals surface area (Å²) in [5.41, 5.74) is 0.529. The number of carbonyl (C=O) groups excluding carboxylic acids is 2. The van der Waals surface area contributed by atoms with Gasteiger partial charge < -0.3 is 5.11 Å². The molecule has 2 unspecified atom stereocenters. The van der Waals surface area contributed by atoms with Crippen molar-refractivity contribution in [2.75, 3.05) is 11.4 Å². The van der Waals surface area contributed by atoms with Gasteiger partial charge in [-0.15, -0.1) is 0 Å². The Balaban J connectivity index is 1.70. The van der Waals surface area contributed by atoms with Crippen LogP contribution in [0.3, 0.4) is 0 Å². The topological polar surface area (TPSA) is 77.9 Å². The number of nitrogens with zero attached hydrogens (tertiary/aromatic N) is 2. The van der Waals surface area contributed by atoms with E-state index in [2.05, 4.69) is 0 Å². The highest BCUT2D eigenvalue weighted by Gasteiger charge is 2.51. The number of hydrogen-bond acceptors (Lipinski definition) is 3. The Morgan fingerprint density at radius 3 is 2.36 bits per heavy atom. The van der Waals surface area contributed by atoms with Crippen LogP contribution in [0.4, 0.5) is 23.7 Å². The molecule has 2 atom stereocenters. The predicted octanol–water partition coefficient (Wildman–Crippen LogP) is 3.13. The molecule has 6 nitrogen and oxygen atoms in total. The van der Waals surface area contributed by atoms with Gasteiger partial charge in [-0.05, 0) is 30.2 Å². The number of hydrogen-bond donors (Lipinski definition) is 1. The molecule has 2 aromatic rings. The molecule has 28 heavy (non-hydrogen) atoms. The number of piperidine rings is 1. The lowest BCUT2D eigenvalue weighted by Gasteiger charge is -2.35. The molecule has 1 saturated heterocycles. The molecule has 1 N–H and O–H groups in total. The Morgan fingerprint density at radius 2 is 1.71 bits per heavy atom. The minimum absolute atomic E-state index is 0.0543. The third-order valence-corrected chi connectivity index (χ3v) is 5.12. The molecule has 2 heterocycles. The molecule has 2 aromatic carbocycles. The summed E-state index contributed by atoms with van der Waals surface area (Å²) in [6.45, 7) is -0.0543. The highest BCUT2D eigenvalue weighted by atomic mass is 19.2. The average molecular weight is 390 g/mol. The first-order valence-electron chi connectivity index (χ1n) is 8.42. The van der Waals surface area contributed by atoms with Crippen molar-refractivity contribution in [2.45, 2.75) is 18.4 Å². The highest BCUT2D eigenvalue weighted by Crippen LogP contribution is 2.45. The second-order valence-electron chi connectivity index (χ2n) is 6.60. The molecule has 0 bridgehead atoms. The van der Waals surface area contributed by atoms with Crippen molar-refractivity contribution in [3.63, 3.8) is 0 Å². The van der Waals surface area contributed by atoms with E-state index < -0.39 is 52.9 Å². The molecule has 3 amide bonds. The summed E-state index contributed by atoms with van der Waals surface area (Å²) >= 11 is 0. The monoisotopic (exact) mass is 390 g/mol. The van der Waals surface area contributed by atoms with E-state index in [1.807, 2.05) is 0 Å². The number of halogens is 3. The second kappa shape index (κ2) is 6.36. The summed E-state index contributed by atoms with van der Waals surface area (Å²) in [4.78, 5) is 39.1. The minimum atomic E-state index is -1.72. The molecule has 9 heteroatoms. The number of likely N-dealkylation sites (tertiary alicyclic amines) is 1. The number of carbonyl (C=O) groups is 3. The van der Waals surface area contributed by atoms with Crippen molar-refractivity contribution in [3.8, 4) is 0 Å². The van der Waals surface area contributed by atoms with Crippen LogP contribution in [0.2, 0.25) is 0 Å². The zero-order chi connectivity index (χ0) is 20.2. The maximum atomic E-state index is 13.5. The summed E-state index contributed by atoms with van der Waals surface area (Å²) < 4.78 is 40.1. The van der Waals surface area contributed by atoms with Gasteiger partial charge in [0.25, 0.3) is 11.8 Å². The van der Waals surface area contributed by atoms with Crippen LogP contribution in [0, 0.1) is 17.5 Å². The van der Waals surface area contributed by atoms with E-state index >= 15 is 0 Å². The smallest absolute Gasteiger partial charge is 0.412 e. The van der Waals surface area contributed by atoms with E-state index in [0.29, 0.717) is 23.4 Å². The molecule has 4 rings (SSSR count). The summed E-state index contributed by atoms with van der Waals surface area (Å²) in [5.74, 6) is -7.04. The lowest BCUT2D eigenvalue weighted by Crippen LogP contribution is -2.56. The van der Waals surface area contributed by atoms with Crippen LogP contribution in [-0.4, -0.2) is 40.5 Å². The van der Waals surface area contributed by atoms with Crippen molar-refractivity contribution in [3.05, 3.63) is 65.0 Å². The fraction of sp³-hybridized carbons (Fsp3) is 0.211. The lowest BCUT2D eigenvalue weighted by molar-refractivity contribution is -0.132. The minimum Gasteiger partial charge on any atom is -0.465 e. The van der Waals surface area contributed by atoms with Crippen LogP contribution >= 0.6 is 0 Å². The van der Waals surface area contributed by atoms with Gasteiger partial charge in [-0.2, -0.15) is 0 Å². The number of amides is 3. The van der Waals surface area contributed by atoms with Gasteiger partial charge in [0.15, 0.2) is 17.5 Å². The van der Waals surface area contributed by atoms with E-state index in [1.54, 1.807) is 24.3 Å². The van der Waals surface area contributed by atoms with Crippen molar-refractivity contribution in [2.24, 2.45) is 0 Å². The summed E-state index contributed by atoms with van der Waals surface area (Å²) in [7, 11) is 0. The summed E-state index contributed by atoms with van der Waals surface area (Å²) in [6.07, 6.45) is -1.06. The SMILES string of the molecule is O=C(c1cc(F)c(F)c(F)c1)N1CCC2c3ccccc3N(C(=O)O)C2C1=O. The number of fused-ring (bicyclic) bond motifs is 3. The molecule has 1 fully saturated rings. The average Bonchev–Trinajstić information content (AvgIpc) is 3.01. The zero-order valence-corrected chi connectivity index (χ0v) is 14.2. The predicted molar refractivity (Wildman–Crippen MR) is 90.5 cm³/mol. The summed E-state index contributed by atoms with van der Waals surface area (Å²) in [5, 5.41) is 9.59. The quantitative estimate of drug-likeness (QED) is 0.600. The molecule has 2 aliphatic heterocycles. The van der Waals surface area contributed by atoms with Gasteiger partial charge >= 0.3 is 6.09 Å². The number of anilines is 1. The summed E-state index contributed by atoms with van der Waals surface area (Å²) in [6, 6.07) is 6.55. The van der Waals surface area contributed by atoms with Crippen molar-refractivity contribution >= 4 is 23.6 Å². The normalized spacial score (nSPS) is 20.8. The van der Waals surface area contributed by atoms with Crippen LogP contribution in [0.15, 0.2) is 36.4 Å². The van der Waals surface area contributed by atoms with E-state index in [-0.39, 0.29) is 13.0 Å². The first-order chi connectivity index (χ1) is 13.3. The Labute approximate surface area is 156 Å². The van der Waals surface area contributed by atoms with Gasteiger partial charge in [0.05, 0.1) is 5.69 Å². The van der Waals surface area contributed by atoms with Crippen molar-refractivity contribution in [1.29, 1.82) is 0 Å². The zero-order valence-electron chi connectivity index (χ0n) is 14.2. The van der Waals surface area contributed by atoms with Gasteiger partial charge in [-0.1, -0.05) is 18.2 Å². The number of benzene rings is 2. The van der Waals surface area contributed by atoms with Crippen molar-refractivity contribution < 1.29 is 32.7 Å². The van der Waals surface area contributed by atoms with Gasteiger partial charge in [-0.3, -0.25) is 19.4 Å². The number of carboxylic acid groups (broad SMARTS) is 1. The second-order valence-corrected chi connectivity index (χ2v) is 6.60. The van der Waals surface area contributed by atoms with Crippen LogP contribution < -0.4 is 4.90 Å². The Kier molecular flexibility index (Phi) is 4.10. The molecule has 0 aromatic heterocycles. The van der Waals surface area contributed by atoms with E-state index in [9.17, 15) is 32.7 Å². The standard InChI is InChI=1S/C19H13F3N2O4/c20-12-7-9(8-13(21)15(12)22)17(25)23-6-5-11-10-3-1-2-4-14(10)24(19(27)28)16(11)18(23)26/h1-4,7-8,11,16H,5-6H2,(H,27,28). The molecule has 0 saturated carbocycles. The first-order valence-corrected chi connectivity index (χ1v) is 8.42. The molecule has 0 radical (unpaired) electrons. The number of imide groups is 1. The maximum absolute atomic E-state index is 13.5. The fourth-order valence-corrected chi connectivity index (χ4v) is 3.91. The van der Waals surface area contributed by atoms with E-state index in [1.165, 1.54) is 0 Å². The first kappa shape index (κ1) is 18.0. The molecule has 144 valence electrons. The molecular formula is C19H13F3N2O4. The van der Waals surface area contributed by atoms with Gasteiger partial charge in [-0.25, -0.2) is 18.0 Å². The van der Waals surface area contributed by atoms with Gasteiger partial charge in [0, 0.05) is 18.0 Å². The number of rotatable bonds is 1. The van der Waals surface area contributed by atoms with Gasteiger partial charge in [0.1, 0.15) is 6.04 Å². The highest BCUT2D eigenvalue weighted by molar-refractivity contribution is 6.10. The van der Waals surface area contributed by atoms with E-state index in [4.69, 9.17) is 0 Å². The molecule has 0 spiro atoms. The van der Waals surface area contributed by atoms with Gasteiger partial charge in [0.2, 0.25) is 0 Å². The lowest BCUT2D eigenvalue weighted by atomic mass is 9.87. The van der Waals surface area contributed by atoms with Crippen LogP contribution in [0.1, 0.15) is 28.3 Å². The maximum Gasteiger partial charge on any atom is 0.412 e. The fourth-order valence-electron chi connectivity index (χ4n) is 3.91. The molecule has 0 aliphatic carbocycles. The van der Waals surface area contributed by atoms with Crippen LogP contribution in [0.25, 0.3) is 0 Å². The Morgan fingerprint density at radius 1 is 1.07 bits per heavy atom. The Bertz CT molecular complexity index is 1000. The number of para-hydroxylation sites is 1.